The lowest BCUT2D eigenvalue weighted by Crippen LogP contribution is -2.53. The van der Waals surface area contributed by atoms with Gasteiger partial charge < -0.3 is 20.2 Å². The Hall–Kier alpha value is -3.23. The summed E-state index contributed by atoms with van der Waals surface area (Å²) in [6.07, 6.45) is -4.45. The molecule has 0 radical (unpaired) electrons. The minimum absolute atomic E-state index is 0.0995. The van der Waals surface area contributed by atoms with Gasteiger partial charge in [-0.3, -0.25) is 4.79 Å². The van der Waals surface area contributed by atoms with Gasteiger partial charge in [-0.1, -0.05) is 24.3 Å². The first-order valence-corrected chi connectivity index (χ1v) is 9.46. The van der Waals surface area contributed by atoms with Crippen LogP contribution in [0.3, 0.4) is 0 Å². The molecule has 0 spiro atoms. The number of aromatic hydroxyl groups is 1. The molecule has 0 aromatic heterocycles. The predicted molar refractivity (Wildman–Crippen MR) is 104 cm³/mol. The van der Waals surface area contributed by atoms with Gasteiger partial charge in [-0.05, 0) is 36.8 Å². The third-order valence-electron chi connectivity index (χ3n) is 5.04. The van der Waals surface area contributed by atoms with E-state index in [0.717, 1.165) is 12.1 Å². The molecule has 2 aromatic rings. The number of phenolic OH excluding ortho intramolecular Hbond substituents is 1. The van der Waals surface area contributed by atoms with Gasteiger partial charge in [0.05, 0.1) is 17.2 Å². The summed E-state index contributed by atoms with van der Waals surface area (Å²) in [5.41, 5.74) is -0.211. The SMILES string of the molecule is CC(NC(=O)N1CCN(C(=O)c2ccccc2O)CC1)c1cccc(C(F)(F)F)c1. The van der Waals surface area contributed by atoms with Crippen LogP contribution in [-0.2, 0) is 6.18 Å². The smallest absolute Gasteiger partial charge is 0.416 e. The second kappa shape index (κ2) is 8.64. The summed E-state index contributed by atoms with van der Waals surface area (Å²) in [7, 11) is 0. The monoisotopic (exact) mass is 421 g/mol. The molecular weight excluding hydrogens is 399 g/mol. The second-order valence-corrected chi connectivity index (χ2v) is 7.09. The van der Waals surface area contributed by atoms with Gasteiger partial charge in [0.1, 0.15) is 5.75 Å². The molecular formula is C21H22F3N3O3. The van der Waals surface area contributed by atoms with Crippen LogP contribution >= 0.6 is 0 Å². The molecule has 1 heterocycles. The van der Waals surface area contributed by atoms with Gasteiger partial charge >= 0.3 is 12.2 Å². The van der Waals surface area contributed by atoms with Crippen molar-refractivity contribution < 1.29 is 27.9 Å². The molecule has 30 heavy (non-hydrogen) atoms. The number of carbonyl (C=O) groups excluding carboxylic acids is 2. The molecule has 2 aromatic carbocycles. The van der Waals surface area contributed by atoms with Crippen LogP contribution in [-0.4, -0.2) is 53.0 Å². The average Bonchev–Trinajstić information content (AvgIpc) is 2.73. The number of hydrogen-bond donors (Lipinski definition) is 2. The fourth-order valence-corrected chi connectivity index (χ4v) is 3.28. The Kier molecular flexibility index (Phi) is 6.19. The number of urea groups is 1. The maximum Gasteiger partial charge on any atom is 0.416 e. The number of para-hydroxylation sites is 1. The van der Waals surface area contributed by atoms with Crippen LogP contribution in [0.2, 0.25) is 0 Å². The number of carbonyl (C=O) groups is 2. The molecule has 9 heteroatoms. The fourth-order valence-electron chi connectivity index (χ4n) is 3.28. The minimum atomic E-state index is -4.45. The van der Waals surface area contributed by atoms with Gasteiger partial charge in [0.15, 0.2) is 0 Å². The maximum atomic E-state index is 12.9. The first-order chi connectivity index (χ1) is 14.2. The van der Waals surface area contributed by atoms with Gasteiger partial charge in [-0.25, -0.2) is 4.79 Å². The van der Waals surface area contributed by atoms with Crippen molar-refractivity contribution in [2.24, 2.45) is 0 Å². The highest BCUT2D eigenvalue weighted by Gasteiger charge is 2.31. The summed E-state index contributed by atoms with van der Waals surface area (Å²) >= 11 is 0. The first-order valence-electron chi connectivity index (χ1n) is 9.46. The Morgan fingerprint density at radius 3 is 2.27 bits per heavy atom. The zero-order chi connectivity index (χ0) is 21.9. The summed E-state index contributed by atoms with van der Waals surface area (Å²) in [5, 5.41) is 12.5. The number of hydrogen-bond acceptors (Lipinski definition) is 3. The van der Waals surface area contributed by atoms with Crippen LogP contribution < -0.4 is 5.32 Å². The molecule has 3 rings (SSSR count). The predicted octanol–water partition coefficient (Wildman–Crippen LogP) is 3.64. The summed E-state index contributed by atoms with van der Waals surface area (Å²) in [6.45, 7) is 2.75. The van der Waals surface area contributed by atoms with E-state index in [0.29, 0.717) is 18.7 Å². The molecule has 1 saturated heterocycles. The number of phenols is 1. The number of alkyl halides is 3. The normalized spacial score (nSPS) is 15.6. The first kappa shape index (κ1) is 21.5. The van der Waals surface area contributed by atoms with Crippen molar-refractivity contribution in [3.8, 4) is 5.75 Å². The molecule has 1 unspecified atom stereocenters. The number of halogens is 3. The van der Waals surface area contributed by atoms with Crippen molar-refractivity contribution in [3.05, 3.63) is 65.2 Å². The van der Waals surface area contributed by atoms with Crippen LogP contribution in [0.1, 0.15) is 34.5 Å². The summed E-state index contributed by atoms with van der Waals surface area (Å²) < 4.78 is 38.7. The molecule has 1 aliphatic heterocycles. The quantitative estimate of drug-likeness (QED) is 0.795. The molecule has 2 N–H and O–H groups in total. The zero-order valence-electron chi connectivity index (χ0n) is 16.3. The second-order valence-electron chi connectivity index (χ2n) is 7.09. The molecule has 0 aliphatic carbocycles. The van der Waals surface area contributed by atoms with Crippen LogP contribution in [0.25, 0.3) is 0 Å². The van der Waals surface area contributed by atoms with Gasteiger partial charge in [-0.2, -0.15) is 13.2 Å². The average molecular weight is 421 g/mol. The molecule has 1 aliphatic rings. The lowest BCUT2D eigenvalue weighted by atomic mass is 10.1. The van der Waals surface area contributed by atoms with Crippen molar-refractivity contribution in [2.75, 3.05) is 26.2 Å². The van der Waals surface area contributed by atoms with Crippen LogP contribution in [0.5, 0.6) is 5.75 Å². The van der Waals surface area contributed by atoms with E-state index in [4.69, 9.17) is 0 Å². The van der Waals surface area contributed by atoms with Crippen molar-refractivity contribution in [1.29, 1.82) is 0 Å². The van der Waals surface area contributed by atoms with Gasteiger partial charge in [0, 0.05) is 26.2 Å². The standard InChI is InChI=1S/C21H22F3N3O3/c1-14(15-5-4-6-16(13-15)21(22,23)24)25-20(30)27-11-9-26(10-12-27)19(29)17-7-2-3-8-18(17)28/h2-8,13-14,28H,9-12H2,1H3,(H,25,30). The highest BCUT2D eigenvalue weighted by Crippen LogP contribution is 2.30. The lowest BCUT2D eigenvalue weighted by molar-refractivity contribution is -0.137. The molecule has 1 atom stereocenters. The van der Waals surface area contributed by atoms with E-state index in [1.807, 2.05) is 0 Å². The van der Waals surface area contributed by atoms with E-state index in [9.17, 15) is 27.9 Å². The number of piperazine rings is 1. The third kappa shape index (κ3) is 4.84. The number of amides is 3. The van der Waals surface area contributed by atoms with E-state index in [-0.39, 0.29) is 30.3 Å². The van der Waals surface area contributed by atoms with Crippen molar-refractivity contribution in [3.63, 3.8) is 0 Å². The van der Waals surface area contributed by atoms with Crippen LogP contribution in [0.15, 0.2) is 48.5 Å². The van der Waals surface area contributed by atoms with Crippen LogP contribution in [0, 0.1) is 0 Å². The summed E-state index contributed by atoms with van der Waals surface area (Å²) in [5.74, 6) is -0.414. The third-order valence-corrected chi connectivity index (χ3v) is 5.04. The highest BCUT2D eigenvalue weighted by molar-refractivity contribution is 5.97. The maximum absolute atomic E-state index is 12.9. The van der Waals surface area contributed by atoms with Gasteiger partial charge in [0.25, 0.3) is 5.91 Å². The summed E-state index contributed by atoms with van der Waals surface area (Å²) in [6, 6.07) is 10.1. The topological polar surface area (TPSA) is 72.9 Å². The van der Waals surface area contributed by atoms with Gasteiger partial charge in [-0.15, -0.1) is 0 Å². The van der Waals surface area contributed by atoms with E-state index < -0.39 is 23.8 Å². The Morgan fingerprint density at radius 2 is 1.63 bits per heavy atom. The van der Waals surface area contributed by atoms with E-state index in [2.05, 4.69) is 5.32 Å². The van der Waals surface area contributed by atoms with Crippen molar-refractivity contribution in [2.45, 2.75) is 19.1 Å². The van der Waals surface area contributed by atoms with Gasteiger partial charge in [0.2, 0.25) is 0 Å². The molecule has 160 valence electrons. The number of nitrogens with one attached hydrogen (secondary N) is 1. The van der Waals surface area contributed by atoms with Crippen molar-refractivity contribution in [1.82, 2.24) is 15.1 Å². The number of benzene rings is 2. The molecule has 3 amide bonds. The number of nitrogens with zero attached hydrogens (tertiary/aromatic N) is 2. The Bertz CT molecular complexity index is 925. The Morgan fingerprint density at radius 1 is 1.00 bits per heavy atom. The molecule has 6 nitrogen and oxygen atoms in total. The zero-order valence-corrected chi connectivity index (χ0v) is 16.3. The Balaban J connectivity index is 1.57. The van der Waals surface area contributed by atoms with E-state index >= 15 is 0 Å². The Labute approximate surface area is 171 Å². The number of rotatable bonds is 3. The highest BCUT2D eigenvalue weighted by atomic mass is 19.4. The van der Waals surface area contributed by atoms with Crippen molar-refractivity contribution >= 4 is 11.9 Å². The van der Waals surface area contributed by atoms with E-state index in [1.54, 1.807) is 24.0 Å². The largest absolute Gasteiger partial charge is 0.507 e. The van der Waals surface area contributed by atoms with Crippen LogP contribution in [0.4, 0.5) is 18.0 Å². The minimum Gasteiger partial charge on any atom is -0.507 e. The van der Waals surface area contributed by atoms with E-state index in [1.165, 1.54) is 29.2 Å². The molecule has 0 saturated carbocycles. The summed E-state index contributed by atoms with van der Waals surface area (Å²) in [4.78, 5) is 28.1. The molecule has 1 fully saturated rings. The fraction of sp³-hybridized carbons (Fsp3) is 0.333. The lowest BCUT2D eigenvalue weighted by Gasteiger charge is -2.35. The molecule has 0 bridgehead atoms.